The Labute approximate surface area is 167 Å². The summed E-state index contributed by atoms with van der Waals surface area (Å²) in [5, 5.41) is 16.8. The number of anilines is 2. The van der Waals surface area contributed by atoms with Crippen molar-refractivity contribution >= 4 is 23.2 Å². The third kappa shape index (κ3) is 3.76. The van der Waals surface area contributed by atoms with Gasteiger partial charge in [-0.05, 0) is 45.4 Å². The molecule has 28 heavy (non-hydrogen) atoms. The van der Waals surface area contributed by atoms with Crippen LogP contribution in [0.3, 0.4) is 0 Å². The average molecular weight is 405 g/mol. The van der Waals surface area contributed by atoms with E-state index in [9.17, 15) is 4.39 Å². The van der Waals surface area contributed by atoms with Crippen LogP contribution in [0.15, 0.2) is 12.4 Å². The van der Waals surface area contributed by atoms with Gasteiger partial charge in [-0.15, -0.1) is 0 Å². The first-order valence-corrected chi connectivity index (χ1v) is 9.77. The number of nitriles is 1. The standard InChI is InChI=1S/C19H22ClFN6O/c1-11-16(9-24-27(11)14-3-12(4-14)7-22)25-18-23-8-15(20)17(26-18)28-10-13-5-19(2,21)6-13/h8-9,12-14H,3-6,10H2,1-2H3,(H,23,25,26). The Hall–Kier alpha value is -2.40. The number of hydrogen-bond acceptors (Lipinski definition) is 6. The van der Waals surface area contributed by atoms with E-state index in [2.05, 4.69) is 26.5 Å². The third-order valence-corrected chi connectivity index (χ3v) is 5.79. The van der Waals surface area contributed by atoms with Gasteiger partial charge < -0.3 is 10.1 Å². The molecular weight excluding hydrogens is 383 g/mol. The molecule has 0 atom stereocenters. The predicted octanol–water partition coefficient (Wildman–Crippen LogP) is 4.37. The maximum atomic E-state index is 13.6. The lowest BCUT2D eigenvalue weighted by atomic mass is 9.74. The largest absolute Gasteiger partial charge is 0.476 e. The lowest BCUT2D eigenvalue weighted by Gasteiger charge is -2.38. The van der Waals surface area contributed by atoms with Crippen molar-refractivity contribution in [1.82, 2.24) is 19.7 Å². The summed E-state index contributed by atoms with van der Waals surface area (Å²) in [7, 11) is 0. The van der Waals surface area contributed by atoms with Crippen LogP contribution >= 0.6 is 11.6 Å². The van der Waals surface area contributed by atoms with Crippen molar-refractivity contribution in [2.45, 2.75) is 51.2 Å². The average Bonchev–Trinajstić information content (AvgIpc) is 2.93. The maximum absolute atomic E-state index is 13.6. The molecule has 0 spiro atoms. The van der Waals surface area contributed by atoms with Gasteiger partial charge >= 0.3 is 0 Å². The summed E-state index contributed by atoms with van der Waals surface area (Å²) in [5.41, 5.74) is 0.668. The van der Waals surface area contributed by atoms with Crippen LogP contribution < -0.4 is 10.1 Å². The van der Waals surface area contributed by atoms with Crippen molar-refractivity contribution in [2.75, 3.05) is 11.9 Å². The molecule has 0 radical (unpaired) electrons. The van der Waals surface area contributed by atoms with Crippen molar-refractivity contribution in [3.63, 3.8) is 0 Å². The summed E-state index contributed by atoms with van der Waals surface area (Å²) in [6.45, 7) is 3.96. The Balaban J connectivity index is 1.40. The van der Waals surface area contributed by atoms with Crippen LogP contribution in [0.1, 0.15) is 44.3 Å². The SMILES string of the molecule is Cc1c(Nc2ncc(Cl)c(OCC3CC(C)(F)C3)n2)cnn1C1CC(C#N)C1. The van der Waals surface area contributed by atoms with Crippen LogP contribution in [0.25, 0.3) is 0 Å². The smallest absolute Gasteiger partial charge is 0.237 e. The topological polar surface area (TPSA) is 88.7 Å². The van der Waals surface area contributed by atoms with E-state index in [-0.39, 0.29) is 23.8 Å². The van der Waals surface area contributed by atoms with Gasteiger partial charge in [-0.1, -0.05) is 11.6 Å². The van der Waals surface area contributed by atoms with E-state index in [4.69, 9.17) is 21.6 Å². The molecule has 0 saturated heterocycles. The minimum Gasteiger partial charge on any atom is -0.476 e. The highest BCUT2D eigenvalue weighted by Crippen LogP contribution is 2.41. The Morgan fingerprint density at radius 2 is 2.18 bits per heavy atom. The van der Waals surface area contributed by atoms with Crippen LogP contribution in [0.4, 0.5) is 16.0 Å². The minimum atomic E-state index is -1.08. The first-order chi connectivity index (χ1) is 13.3. The molecule has 148 valence electrons. The van der Waals surface area contributed by atoms with Gasteiger partial charge in [0.25, 0.3) is 0 Å². The molecule has 2 aromatic rings. The Kier molecular flexibility index (Phi) is 4.88. The molecule has 2 heterocycles. The summed E-state index contributed by atoms with van der Waals surface area (Å²) in [6, 6.07) is 2.55. The fourth-order valence-corrected chi connectivity index (χ4v) is 4.04. The normalized spacial score (nSPS) is 28.8. The number of ether oxygens (including phenoxy) is 1. The van der Waals surface area contributed by atoms with Crippen molar-refractivity contribution in [3.8, 4) is 11.9 Å². The highest BCUT2D eigenvalue weighted by molar-refractivity contribution is 6.31. The number of alkyl halides is 1. The highest BCUT2D eigenvalue weighted by Gasteiger charge is 2.40. The fourth-order valence-electron chi connectivity index (χ4n) is 3.90. The number of aromatic nitrogens is 4. The summed E-state index contributed by atoms with van der Waals surface area (Å²) in [6.07, 6.45) is 5.85. The van der Waals surface area contributed by atoms with Crippen LogP contribution in [0.5, 0.6) is 5.88 Å². The second-order valence-electron chi connectivity index (χ2n) is 8.01. The Bertz CT molecular complexity index is 910. The second kappa shape index (κ2) is 7.21. The van der Waals surface area contributed by atoms with Crippen molar-refractivity contribution in [3.05, 3.63) is 23.1 Å². The summed E-state index contributed by atoms with van der Waals surface area (Å²) < 4.78 is 21.2. The van der Waals surface area contributed by atoms with Crippen LogP contribution in [-0.2, 0) is 0 Å². The van der Waals surface area contributed by atoms with Crippen molar-refractivity contribution < 1.29 is 9.13 Å². The zero-order valence-corrected chi connectivity index (χ0v) is 16.6. The number of hydrogen-bond donors (Lipinski definition) is 1. The van der Waals surface area contributed by atoms with Gasteiger partial charge in [-0.2, -0.15) is 15.3 Å². The fraction of sp³-hybridized carbons (Fsp3) is 0.579. The second-order valence-corrected chi connectivity index (χ2v) is 8.42. The van der Waals surface area contributed by atoms with Gasteiger partial charge in [0, 0.05) is 0 Å². The molecule has 9 heteroatoms. The first kappa shape index (κ1) is 18.9. The van der Waals surface area contributed by atoms with E-state index in [1.165, 1.54) is 6.20 Å². The van der Waals surface area contributed by atoms with Gasteiger partial charge in [0.15, 0.2) is 0 Å². The van der Waals surface area contributed by atoms with Gasteiger partial charge in [0.05, 0.1) is 48.4 Å². The highest BCUT2D eigenvalue weighted by atomic mass is 35.5. The monoisotopic (exact) mass is 404 g/mol. The number of nitrogens with one attached hydrogen (secondary N) is 1. The van der Waals surface area contributed by atoms with E-state index >= 15 is 0 Å². The molecule has 0 amide bonds. The molecule has 2 aromatic heterocycles. The molecule has 0 bridgehead atoms. The molecule has 2 fully saturated rings. The summed E-state index contributed by atoms with van der Waals surface area (Å²) >= 11 is 6.14. The van der Waals surface area contributed by atoms with Crippen molar-refractivity contribution in [1.29, 1.82) is 5.26 Å². The maximum Gasteiger partial charge on any atom is 0.237 e. The lowest BCUT2D eigenvalue weighted by molar-refractivity contribution is 0.00165. The van der Waals surface area contributed by atoms with E-state index in [0.29, 0.717) is 30.4 Å². The Morgan fingerprint density at radius 1 is 1.43 bits per heavy atom. The molecule has 2 aliphatic rings. The lowest BCUT2D eigenvalue weighted by Crippen LogP contribution is -2.39. The molecular formula is C19H22ClFN6O. The summed E-state index contributed by atoms with van der Waals surface area (Å²) in [4.78, 5) is 8.54. The molecule has 2 aliphatic carbocycles. The molecule has 0 unspecified atom stereocenters. The zero-order chi connectivity index (χ0) is 19.9. The van der Waals surface area contributed by atoms with E-state index in [1.807, 2.05) is 11.6 Å². The molecule has 7 nitrogen and oxygen atoms in total. The van der Waals surface area contributed by atoms with E-state index in [0.717, 1.165) is 24.2 Å². The Morgan fingerprint density at radius 3 is 2.86 bits per heavy atom. The van der Waals surface area contributed by atoms with E-state index in [1.54, 1.807) is 13.1 Å². The zero-order valence-electron chi connectivity index (χ0n) is 15.8. The molecule has 4 rings (SSSR count). The van der Waals surface area contributed by atoms with Gasteiger partial charge in [0.2, 0.25) is 11.8 Å². The van der Waals surface area contributed by atoms with Crippen LogP contribution in [-0.4, -0.2) is 32.0 Å². The van der Waals surface area contributed by atoms with E-state index < -0.39 is 5.67 Å². The number of nitrogens with zero attached hydrogens (tertiary/aromatic N) is 5. The first-order valence-electron chi connectivity index (χ1n) is 9.39. The number of halogens is 2. The molecule has 0 aliphatic heterocycles. The predicted molar refractivity (Wildman–Crippen MR) is 102 cm³/mol. The van der Waals surface area contributed by atoms with Crippen LogP contribution in [0.2, 0.25) is 5.02 Å². The van der Waals surface area contributed by atoms with Gasteiger partial charge in [0.1, 0.15) is 10.7 Å². The quantitative estimate of drug-likeness (QED) is 0.768. The molecule has 2 saturated carbocycles. The van der Waals surface area contributed by atoms with Crippen LogP contribution in [0, 0.1) is 30.1 Å². The third-order valence-electron chi connectivity index (χ3n) is 5.53. The molecule has 0 aromatic carbocycles. The molecule has 1 N–H and O–H groups in total. The van der Waals surface area contributed by atoms with Gasteiger partial charge in [-0.25, -0.2) is 9.37 Å². The van der Waals surface area contributed by atoms with Crippen molar-refractivity contribution in [2.24, 2.45) is 11.8 Å². The number of rotatable bonds is 6. The van der Waals surface area contributed by atoms with Gasteiger partial charge in [-0.3, -0.25) is 4.68 Å². The summed E-state index contributed by atoms with van der Waals surface area (Å²) in [5.74, 6) is 0.940. The minimum absolute atomic E-state index is 0.121.